The lowest BCUT2D eigenvalue weighted by Crippen LogP contribution is -2.12. The number of amides is 1. The Morgan fingerprint density at radius 3 is 2.68 bits per heavy atom. The van der Waals surface area contributed by atoms with Crippen LogP contribution in [-0.2, 0) is 0 Å². The third-order valence-electron chi connectivity index (χ3n) is 2.34. The molecule has 19 heavy (non-hydrogen) atoms. The molecule has 0 spiro atoms. The van der Waals surface area contributed by atoms with Gasteiger partial charge in [0.1, 0.15) is 5.82 Å². The smallest absolute Gasteiger partial charge is 0.310 e. The number of nitrogens with one attached hydrogen (secondary N) is 1. The molecule has 0 fully saturated rings. The first kappa shape index (κ1) is 12.5. The summed E-state index contributed by atoms with van der Waals surface area (Å²) in [5.41, 5.74) is -0.344. The predicted molar refractivity (Wildman–Crippen MR) is 67.0 cm³/mol. The van der Waals surface area contributed by atoms with Crippen LogP contribution >= 0.6 is 0 Å². The Morgan fingerprint density at radius 1 is 1.32 bits per heavy atom. The minimum absolute atomic E-state index is 0.105. The number of aromatic nitrogens is 1. The molecule has 0 bridgehead atoms. The first-order valence-corrected chi connectivity index (χ1v) is 5.28. The van der Waals surface area contributed by atoms with E-state index in [1.54, 1.807) is 18.2 Å². The van der Waals surface area contributed by atoms with Crippen LogP contribution in [0.3, 0.4) is 0 Å². The molecule has 0 aliphatic heterocycles. The number of hydrogen-bond donors (Lipinski definition) is 2. The van der Waals surface area contributed by atoms with E-state index in [4.69, 9.17) is 0 Å². The van der Waals surface area contributed by atoms with Crippen LogP contribution in [0.2, 0.25) is 0 Å². The molecule has 7 nitrogen and oxygen atoms in total. The zero-order valence-electron chi connectivity index (χ0n) is 9.61. The van der Waals surface area contributed by atoms with Crippen molar-refractivity contribution in [2.24, 2.45) is 0 Å². The molecule has 2 aromatic rings. The highest BCUT2D eigenvalue weighted by Crippen LogP contribution is 2.26. The average Bonchev–Trinajstić information content (AvgIpc) is 2.39. The zero-order valence-corrected chi connectivity index (χ0v) is 9.61. The first-order chi connectivity index (χ1) is 9.08. The minimum Gasteiger partial charge on any atom is -0.502 e. The van der Waals surface area contributed by atoms with Gasteiger partial charge in [0.25, 0.3) is 5.91 Å². The van der Waals surface area contributed by atoms with Crippen molar-refractivity contribution < 1.29 is 14.8 Å². The Balaban J connectivity index is 2.21. The van der Waals surface area contributed by atoms with E-state index in [1.165, 1.54) is 12.3 Å². The quantitative estimate of drug-likeness (QED) is 0.647. The Labute approximate surface area is 107 Å². The number of anilines is 1. The lowest BCUT2D eigenvalue weighted by atomic mass is 10.2. The molecule has 1 heterocycles. The number of nitro benzene ring substituents is 1. The fraction of sp³-hybridized carbons (Fsp3) is 0. The molecule has 1 amide bonds. The topological polar surface area (TPSA) is 105 Å². The summed E-state index contributed by atoms with van der Waals surface area (Å²) in [5, 5.41) is 22.5. The normalized spacial score (nSPS) is 9.89. The predicted octanol–water partition coefficient (Wildman–Crippen LogP) is 1.95. The number of carbonyl (C=O) groups is 1. The molecule has 1 aromatic carbocycles. The van der Waals surface area contributed by atoms with Gasteiger partial charge in [-0.05, 0) is 24.3 Å². The van der Waals surface area contributed by atoms with Crippen LogP contribution in [0.15, 0.2) is 42.6 Å². The number of carbonyl (C=O) groups excluding carboxylic acids is 1. The van der Waals surface area contributed by atoms with E-state index in [1.807, 2.05) is 0 Å². The van der Waals surface area contributed by atoms with Crippen LogP contribution in [0.25, 0.3) is 0 Å². The summed E-state index contributed by atoms with van der Waals surface area (Å²) < 4.78 is 0. The lowest BCUT2D eigenvalue weighted by Gasteiger charge is -2.04. The van der Waals surface area contributed by atoms with Gasteiger partial charge in [-0.25, -0.2) is 4.98 Å². The van der Waals surface area contributed by atoms with Gasteiger partial charge in [0.15, 0.2) is 5.75 Å². The molecule has 0 atom stereocenters. The van der Waals surface area contributed by atoms with Crippen LogP contribution in [0.5, 0.6) is 5.75 Å². The number of hydrogen-bond acceptors (Lipinski definition) is 5. The highest BCUT2D eigenvalue weighted by Gasteiger charge is 2.16. The number of phenols is 1. The third-order valence-corrected chi connectivity index (χ3v) is 2.34. The number of aromatic hydroxyl groups is 1. The molecule has 96 valence electrons. The molecular formula is C12H9N3O4. The summed E-state index contributed by atoms with van der Waals surface area (Å²) in [7, 11) is 0. The van der Waals surface area contributed by atoms with Gasteiger partial charge >= 0.3 is 5.69 Å². The molecule has 0 saturated carbocycles. The Bertz CT molecular complexity index is 628. The van der Waals surface area contributed by atoms with Gasteiger partial charge in [-0.15, -0.1) is 0 Å². The molecule has 0 unspecified atom stereocenters. The number of nitro groups is 1. The summed E-state index contributed by atoms with van der Waals surface area (Å²) in [4.78, 5) is 25.5. The van der Waals surface area contributed by atoms with Crippen molar-refractivity contribution in [1.29, 1.82) is 0 Å². The van der Waals surface area contributed by atoms with Crippen molar-refractivity contribution in [3.63, 3.8) is 0 Å². The first-order valence-electron chi connectivity index (χ1n) is 5.28. The maximum atomic E-state index is 11.8. The highest BCUT2D eigenvalue weighted by atomic mass is 16.6. The van der Waals surface area contributed by atoms with E-state index in [0.717, 1.165) is 12.1 Å². The molecule has 0 aliphatic rings. The number of nitrogens with zero attached hydrogens (tertiary/aromatic N) is 2. The summed E-state index contributed by atoms with van der Waals surface area (Å²) in [6.07, 6.45) is 1.52. The van der Waals surface area contributed by atoms with E-state index in [-0.39, 0.29) is 5.56 Å². The van der Waals surface area contributed by atoms with Crippen LogP contribution in [0.1, 0.15) is 10.4 Å². The molecule has 0 radical (unpaired) electrons. The van der Waals surface area contributed by atoms with E-state index >= 15 is 0 Å². The van der Waals surface area contributed by atoms with Crippen molar-refractivity contribution in [3.8, 4) is 5.75 Å². The van der Waals surface area contributed by atoms with Crippen molar-refractivity contribution >= 4 is 17.4 Å². The van der Waals surface area contributed by atoms with Gasteiger partial charge in [-0.3, -0.25) is 14.9 Å². The summed E-state index contributed by atoms with van der Waals surface area (Å²) in [6, 6.07) is 8.38. The molecular weight excluding hydrogens is 250 g/mol. The van der Waals surface area contributed by atoms with Gasteiger partial charge in [0.05, 0.1) is 4.92 Å². The van der Waals surface area contributed by atoms with Gasteiger partial charge < -0.3 is 10.4 Å². The summed E-state index contributed by atoms with van der Waals surface area (Å²) >= 11 is 0. The van der Waals surface area contributed by atoms with E-state index < -0.39 is 22.3 Å². The van der Waals surface area contributed by atoms with E-state index in [2.05, 4.69) is 10.3 Å². The van der Waals surface area contributed by atoms with Crippen LogP contribution in [0, 0.1) is 10.1 Å². The molecule has 2 rings (SSSR count). The maximum absolute atomic E-state index is 11.8. The van der Waals surface area contributed by atoms with Crippen molar-refractivity contribution in [1.82, 2.24) is 4.98 Å². The second-order valence-corrected chi connectivity index (χ2v) is 3.63. The highest BCUT2D eigenvalue weighted by molar-refractivity contribution is 6.04. The third kappa shape index (κ3) is 2.83. The molecule has 7 heteroatoms. The Morgan fingerprint density at radius 2 is 2.11 bits per heavy atom. The van der Waals surface area contributed by atoms with E-state index in [9.17, 15) is 20.0 Å². The van der Waals surface area contributed by atoms with Gasteiger partial charge in [-0.2, -0.15) is 0 Å². The van der Waals surface area contributed by atoms with Crippen LogP contribution in [0.4, 0.5) is 11.5 Å². The Kier molecular flexibility index (Phi) is 3.37. The average molecular weight is 259 g/mol. The van der Waals surface area contributed by atoms with Gasteiger partial charge in [0.2, 0.25) is 0 Å². The van der Waals surface area contributed by atoms with Crippen LogP contribution in [-0.4, -0.2) is 20.9 Å². The number of pyridine rings is 1. The zero-order chi connectivity index (χ0) is 13.8. The number of phenolic OH excluding ortho intramolecular Hbond substituents is 1. The number of benzene rings is 1. The van der Waals surface area contributed by atoms with Crippen molar-refractivity contribution in [3.05, 3.63) is 58.3 Å². The molecule has 2 N–H and O–H groups in total. The maximum Gasteiger partial charge on any atom is 0.310 e. The SMILES string of the molecule is O=C(Nc1ccccn1)c1ccc([N+](=O)[O-])c(O)c1. The summed E-state index contributed by atoms with van der Waals surface area (Å²) in [6.45, 7) is 0. The standard InChI is InChI=1S/C12H9N3O4/c16-10-7-8(4-5-9(10)15(18)19)12(17)14-11-3-1-2-6-13-11/h1-7,16H,(H,13,14,17). The second kappa shape index (κ2) is 5.13. The fourth-order valence-corrected chi connectivity index (χ4v) is 1.44. The Hall–Kier alpha value is -2.96. The fourth-order valence-electron chi connectivity index (χ4n) is 1.44. The van der Waals surface area contributed by atoms with Gasteiger partial charge in [0, 0.05) is 17.8 Å². The molecule has 0 aliphatic carbocycles. The largest absolute Gasteiger partial charge is 0.502 e. The van der Waals surface area contributed by atoms with Crippen molar-refractivity contribution in [2.45, 2.75) is 0 Å². The monoisotopic (exact) mass is 259 g/mol. The summed E-state index contributed by atoms with van der Waals surface area (Å²) in [5.74, 6) is -0.715. The van der Waals surface area contributed by atoms with Gasteiger partial charge in [-0.1, -0.05) is 6.07 Å². The van der Waals surface area contributed by atoms with Crippen LogP contribution < -0.4 is 5.32 Å². The lowest BCUT2D eigenvalue weighted by molar-refractivity contribution is -0.385. The second-order valence-electron chi connectivity index (χ2n) is 3.63. The van der Waals surface area contributed by atoms with E-state index in [0.29, 0.717) is 5.82 Å². The molecule has 1 aromatic heterocycles. The molecule has 0 saturated heterocycles. The van der Waals surface area contributed by atoms with Crippen molar-refractivity contribution in [2.75, 3.05) is 5.32 Å². The minimum atomic E-state index is -0.726. The number of rotatable bonds is 3.